The van der Waals surface area contributed by atoms with E-state index in [1.165, 1.54) is 0 Å². The summed E-state index contributed by atoms with van der Waals surface area (Å²) in [4.78, 5) is 11.4. The second-order valence-corrected chi connectivity index (χ2v) is 4.57. The van der Waals surface area contributed by atoms with E-state index in [1.54, 1.807) is 23.9 Å². The van der Waals surface area contributed by atoms with Crippen LogP contribution in [-0.4, -0.2) is 6.29 Å². The molecule has 0 aliphatic rings. The minimum atomic E-state index is 0.356. The van der Waals surface area contributed by atoms with Crippen LogP contribution in [0.4, 0.5) is 0 Å². The Hall–Kier alpha value is -1.19. The third-order valence-electron chi connectivity index (χ3n) is 2.01. The van der Waals surface area contributed by atoms with Crippen LogP contribution in [0.2, 0.25) is 5.02 Å². The fourth-order valence-corrected chi connectivity index (χ4v) is 2.38. The molecule has 0 aliphatic heterocycles. The molecule has 2 aromatic rings. The Morgan fingerprint density at radius 3 is 2.75 bits per heavy atom. The number of rotatable bonds is 4. The molecule has 0 N–H and O–H groups in total. The highest BCUT2D eigenvalue weighted by Gasteiger charge is 2.04. The molecule has 16 heavy (non-hydrogen) atoms. The predicted octanol–water partition coefficient (Wildman–Crippen LogP) is 4.04. The van der Waals surface area contributed by atoms with Crippen molar-refractivity contribution in [3.05, 3.63) is 52.9 Å². The molecule has 0 atom stereocenters. The maximum Gasteiger partial charge on any atom is 0.185 e. The first-order valence-corrected chi connectivity index (χ1v) is 6.07. The molecule has 2 nitrogen and oxygen atoms in total. The van der Waals surface area contributed by atoms with E-state index in [0.717, 1.165) is 15.7 Å². The highest BCUT2D eigenvalue weighted by atomic mass is 35.5. The van der Waals surface area contributed by atoms with Gasteiger partial charge < -0.3 is 4.42 Å². The molecule has 0 spiro atoms. The van der Waals surface area contributed by atoms with Gasteiger partial charge in [-0.1, -0.05) is 23.7 Å². The van der Waals surface area contributed by atoms with Gasteiger partial charge in [0.2, 0.25) is 0 Å². The number of hydrogen-bond acceptors (Lipinski definition) is 3. The van der Waals surface area contributed by atoms with Gasteiger partial charge >= 0.3 is 0 Å². The SMILES string of the molecule is O=Cc1ccc(CSc2ccccc2Cl)o1. The molecule has 1 aromatic heterocycles. The molecule has 0 unspecified atom stereocenters. The van der Waals surface area contributed by atoms with E-state index >= 15 is 0 Å². The van der Waals surface area contributed by atoms with Gasteiger partial charge in [-0.05, 0) is 24.3 Å². The molecule has 0 radical (unpaired) electrons. The Morgan fingerprint density at radius 2 is 2.06 bits per heavy atom. The predicted molar refractivity (Wildman–Crippen MR) is 65.1 cm³/mol. The van der Waals surface area contributed by atoms with Crippen molar-refractivity contribution < 1.29 is 9.21 Å². The number of furan rings is 1. The Balaban J connectivity index is 2.02. The van der Waals surface area contributed by atoms with Gasteiger partial charge in [-0.15, -0.1) is 11.8 Å². The first-order valence-electron chi connectivity index (χ1n) is 4.71. The van der Waals surface area contributed by atoms with Crippen LogP contribution in [0.25, 0.3) is 0 Å². The Kier molecular flexibility index (Phi) is 3.70. The number of benzene rings is 1. The second-order valence-electron chi connectivity index (χ2n) is 3.14. The number of halogens is 1. The maximum atomic E-state index is 10.4. The molecule has 4 heteroatoms. The highest BCUT2D eigenvalue weighted by Crippen LogP contribution is 2.29. The van der Waals surface area contributed by atoms with Gasteiger partial charge in [0, 0.05) is 4.90 Å². The van der Waals surface area contributed by atoms with E-state index in [1.807, 2.05) is 24.3 Å². The van der Waals surface area contributed by atoms with Crippen LogP contribution in [0, 0.1) is 0 Å². The van der Waals surface area contributed by atoms with Crippen LogP contribution in [0.1, 0.15) is 16.3 Å². The quantitative estimate of drug-likeness (QED) is 0.608. The summed E-state index contributed by atoms with van der Waals surface area (Å²) in [6, 6.07) is 11.1. The number of aldehydes is 1. The molecule has 0 fully saturated rings. The zero-order chi connectivity index (χ0) is 11.4. The summed E-state index contributed by atoms with van der Waals surface area (Å²) in [5.74, 6) is 1.79. The van der Waals surface area contributed by atoms with Crippen molar-refractivity contribution in [3.63, 3.8) is 0 Å². The minimum absolute atomic E-state index is 0.356. The van der Waals surface area contributed by atoms with Crippen LogP contribution in [0.3, 0.4) is 0 Å². The van der Waals surface area contributed by atoms with Crippen molar-refractivity contribution in [1.29, 1.82) is 0 Å². The van der Waals surface area contributed by atoms with E-state index in [9.17, 15) is 4.79 Å². The monoisotopic (exact) mass is 252 g/mol. The molecule has 0 bridgehead atoms. The largest absolute Gasteiger partial charge is 0.457 e. The number of carbonyl (C=O) groups is 1. The summed E-state index contributed by atoms with van der Waals surface area (Å²) in [5, 5.41) is 0.731. The number of hydrogen-bond donors (Lipinski definition) is 0. The average molecular weight is 253 g/mol. The Bertz CT molecular complexity index is 493. The van der Waals surface area contributed by atoms with Crippen molar-refractivity contribution in [2.45, 2.75) is 10.6 Å². The number of carbonyl (C=O) groups excluding carboxylic acids is 1. The van der Waals surface area contributed by atoms with Gasteiger partial charge in [-0.25, -0.2) is 0 Å². The molecule has 0 saturated heterocycles. The molecule has 82 valence electrons. The smallest absolute Gasteiger partial charge is 0.185 e. The maximum absolute atomic E-state index is 10.4. The van der Waals surface area contributed by atoms with Gasteiger partial charge in [-0.3, -0.25) is 4.79 Å². The van der Waals surface area contributed by atoms with E-state index in [2.05, 4.69) is 0 Å². The topological polar surface area (TPSA) is 30.2 Å². The first kappa shape index (κ1) is 11.3. The fourth-order valence-electron chi connectivity index (χ4n) is 1.25. The van der Waals surface area contributed by atoms with Crippen molar-refractivity contribution in [3.8, 4) is 0 Å². The Labute approximate surface area is 103 Å². The summed E-state index contributed by atoms with van der Waals surface area (Å²) in [7, 11) is 0. The van der Waals surface area contributed by atoms with E-state index in [4.69, 9.17) is 16.0 Å². The summed E-state index contributed by atoms with van der Waals surface area (Å²) < 4.78 is 5.26. The summed E-state index contributed by atoms with van der Waals surface area (Å²) in [6.45, 7) is 0. The lowest BCUT2D eigenvalue weighted by molar-refractivity contribution is 0.109. The second kappa shape index (κ2) is 5.23. The summed E-state index contributed by atoms with van der Waals surface area (Å²) >= 11 is 7.60. The highest BCUT2D eigenvalue weighted by molar-refractivity contribution is 7.98. The molecule has 1 aromatic carbocycles. The van der Waals surface area contributed by atoms with Gasteiger partial charge in [0.25, 0.3) is 0 Å². The van der Waals surface area contributed by atoms with Crippen molar-refractivity contribution in [2.24, 2.45) is 0 Å². The molecule has 2 rings (SSSR count). The molecule has 0 saturated carbocycles. The zero-order valence-corrected chi connectivity index (χ0v) is 9.92. The number of thioether (sulfide) groups is 1. The zero-order valence-electron chi connectivity index (χ0n) is 8.35. The van der Waals surface area contributed by atoms with Gasteiger partial charge in [-0.2, -0.15) is 0 Å². The van der Waals surface area contributed by atoms with E-state index < -0.39 is 0 Å². The summed E-state index contributed by atoms with van der Waals surface area (Å²) in [5.41, 5.74) is 0. The van der Waals surface area contributed by atoms with E-state index in [-0.39, 0.29) is 0 Å². The van der Waals surface area contributed by atoms with Crippen LogP contribution in [0.15, 0.2) is 45.7 Å². The first-order chi connectivity index (χ1) is 7.79. The molecule has 0 aliphatic carbocycles. The van der Waals surface area contributed by atoms with Crippen LogP contribution in [-0.2, 0) is 5.75 Å². The van der Waals surface area contributed by atoms with E-state index in [0.29, 0.717) is 17.8 Å². The normalized spacial score (nSPS) is 10.3. The van der Waals surface area contributed by atoms with Crippen molar-refractivity contribution in [1.82, 2.24) is 0 Å². The van der Waals surface area contributed by atoms with Crippen molar-refractivity contribution in [2.75, 3.05) is 0 Å². The lowest BCUT2D eigenvalue weighted by atomic mass is 10.4. The average Bonchev–Trinajstić information content (AvgIpc) is 2.76. The van der Waals surface area contributed by atoms with Crippen LogP contribution < -0.4 is 0 Å². The fraction of sp³-hybridized carbons (Fsp3) is 0.0833. The molecular formula is C12H9ClO2S. The molecular weight excluding hydrogens is 244 g/mol. The van der Waals surface area contributed by atoms with Crippen LogP contribution in [0.5, 0.6) is 0 Å². The summed E-state index contributed by atoms with van der Waals surface area (Å²) in [6.07, 6.45) is 0.698. The lowest BCUT2D eigenvalue weighted by Crippen LogP contribution is -1.77. The molecule has 0 amide bonds. The third kappa shape index (κ3) is 2.68. The third-order valence-corrected chi connectivity index (χ3v) is 3.54. The van der Waals surface area contributed by atoms with Gasteiger partial charge in [0.15, 0.2) is 12.0 Å². The van der Waals surface area contributed by atoms with Gasteiger partial charge in [0.05, 0.1) is 10.8 Å². The Morgan fingerprint density at radius 1 is 1.25 bits per heavy atom. The van der Waals surface area contributed by atoms with Gasteiger partial charge in [0.1, 0.15) is 5.76 Å². The van der Waals surface area contributed by atoms with Crippen LogP contribution >= 0.6 is 23.4 Å². The van der Waals surface area contributed by atoms with Crippen molar-refractivity contribution >= 4 is 29.6 Å². The molecule has 1 heterocycles. The standard InChI is InChI=1S/C12H9ClO2S/c13-11-3-1-2-4-12(11)16-8-10-6-5-9(7-14)15-10/h1-7H,8H2. The minimum Gasteiger partial charge on any atom is -0.457 e. The lowest BCUT2D eigenvalue weighted by Gasteiger charge is -2.01.